The molecule has 0 radical (unpaired) electrons. The van der Waals surface area contributed by atoms with Crippen LogP contribution >= 0.6 is 11.8 Å². The van der Waals surface area contributed by atoms with Gasteiger partial charge in [0.05, 0.1) is 27.5 Å². The van der Waals surface area contributed by atoms with Gasteiger partial charge in [-0.2, -0.15) is 0 Å². The lowest BCUT2D eigenvalue weighted by Crippen LogP contribution is -2.48. The fourth-order valence-electron chi connectivity index (χ4n) is 4.39. The number of thioether (sulfide) groups is 1. The molecule has 2 aliphatic rings. The summed E-state index contributed by atoms with van der Waals surface area (Å²) in [5, 5.41) is 20.9. The molecule has 2 amide bonds. The average Bonchev–Trinajstić information content (AvgIpc) is 2.84. The molecule has 1 aliphatic heterocycles. The fourth-order valence-corrected chi connectivity index (χ4v) is 5.15. The largest absolute Gasteiger partial charge is 0.399 e. The van der Waals surface area contributed by atoms with Crippen molar-refractivity contribution in [1.29, 1.82) is 0 Å². The van der Waals surface area contributed by atoms with Crippen LogP contribution in [0.3, 0.4) is 0 Å². The molecule has 34 heavy (non-hydrogen) atoms. The number of pyridine rings is 2. The van der Waals surface area contributed by atoms with Crippen molar-refractivity contribution in [2.75, 3.05) is 22.1 Å². The summed E-state index contributed by atoms with van der Waals surface area (Å²) in [4.78, 5) is 34.4. The summed E-state index contributed by atoms with van der Waals surface area (Å²) in [7, 11) is 0. The van der Waals surface area contributed by atoms with Gasteiger partial charge in [-0.05, 0) is 62.1 Å². The number of rotatable bonds is 5. The fraction of sp³-hybridized carbons (Fsp3) is 0.333. The Bertz CT molecular complexity index is 1260. The first kappa shape index (κ1) is 22.6. The lowest BCUT2D eigenvalue weighted by molar-refractivity contribution is -0.137. The van der Waals surface area contributed by atoms with Gasteiger partial charge in [-0.15, -0.1) is 11.8 Å². The van der Waals surface area contributed by atoms with Gasteiger partial charge in [0.15, 0.2) is 0 Å². The first-order chi connectivity index (χ1) is 16.4. The summed E-state index contributed by atoms with van der Waals surface area (Å²) in [5.41, 5.74) is 7.19. The van der Waals surface area contributed by atoms with Crippen molar-refractivity contribution in [2.45, 2.75) is 48.8 Å². The van der Waals surface area contributed by atoms with Gasteiger partial charge < -0.3 is 26.8 Å². The second-order valence-corrected chi connectivity index (χ2v) is 9.78. The van der Waals surface area contributed by atoms with E-state index < -0.39 is 11.5 Å². The zero-order valence-corrected chi connectivity index (χ0v) is 19.3. The highest BCUT2D eigenvalue weighted by molar-refractivity contribution is 8.00. The number of hydrogen-bond acceptors (Lipinski definition) is 8. The van der Waals surface area contributed by atoms with Crippen molar-refractivity contribution in [3.63, 3.8) is 0 Å². The molecule has 2 aromatic heterocycles. The molecule has 3 aromatic rings. The number of benzene rings is 1. The number of nitrogen functional groups attached to an aromatic ring is 1. The van der Waals surface area contributed by atoms with Crippen molar-refractivity contribution in [2.24, 2.45) is 0 Å². The second-order valence-electron chi connectivity index (χ2n) is 8.76. The predicted octanol–water partition coefficient (Wildman–Crippen LogP) is 2.66. The normalized spacial score (nSPS) is 22.1. The summed E-state index contributed by atoms with van der Waals surface area (Å²) in [6.45, 7) is 0.549. The number of nitrogens with one attached hydrogen (secondary N) is 3. The number of nitrogens with zero attached hydrogens (tertiary/aromatic N) is 2. The predicted molar refractivity (Wildman–Crippen MR) is 132 cm³/mol. The molecule has 3 heterocycles. The molecule has 0 bridgehead atoms. The van der Waals surface area contributed by atoms with Gasteiger partial charge in [-0.25, -0.2) is 4.98 Å². The van der Waals surface area contributed by atoms with Crippen LogP contribution in [0.15, 0.2) is 47.5 Å². The molecule has 1 fully saturated rings. The summed E-state index contributed by atoms with van der Waals surface area (Å²) < 4.78 is 0. The zero-order chi connectivity index (χ0) is 23.7. The molecule has 1 aromatic carbocycles. The Morgan fingerprint density at radius 3 is 2.88 bits per heavy atom. The summed E-state index contributed by atoms with van der Waals surface area (Å²) >= 11 is 1.49. The van der Waals surface area contributed by atoms with E-state index in [4.69, 9.17) is 5.73 Å². The standard InChI is InChI=1S/C24H26N6O3S/c25-14-1-3-18-17(11-14)19(7-10-26-18)29-23(32)24(33)8-5-15(6-9-24)27-12-16-2-4-20-22(28-16)30-21(31)13-34-20/h1-4,7,10-11,15,27,33H,5-6,8-9,12-13,25H2,(H,26,29,32)(H,28,30,31)/t15-,24+. The van der Waals surface area contributed by atoms with Gasteiger partial charge in [0.1, 0.15) is 11.4 Å². The van der Waals surface area contributed by atoms with Crippen molar-refractivity contribution < 1.29 is 14.7 Å². The summed E-state index contributed by atoms with van der Waals surface area (Å²) in [6, 6.07) is 11.1. The molecule has 1 aliphatic carbocycles. The van der Waals surface area contributed by atoms with Gasteiger partial charge in [0, 0.05) is 29.9 Å². The van der Waals surface area contributed by atoms with E-state index in [-0.39, 0.29) is 11.9 Å². The molecule has 6 N–H and O–H groups in total. The van der Waals surface area contributed by atoms with Gasteiger partial charge in [0.2, 0.25) is 5.91 Å². The van der Waals surface area contributed by atoms with E-state index in [1.54, 1.807) is 30.5 Å². The van der Waals surface area contributed by atoms with Crippen molar-refractivity contribution >= 4 is 51.7 Å². The molecule has 0 saturated heterocycles. The molecule has 0 spiro atoms. The Hall–Kier alpha value is -3.21. The Morgan fingerprint density at radius 2 is 2.06 bits per heavy atom. The molecular weight excluding hydrogens is 452 g/mol. The van der Waals surface area contributed by atoms with Crippen LogP contribution in [-0.2, 0) is 16.1 Å². The van der Waals surface area contributed by atoms with Crippen LogP contribution in [-0.4, -0.2) is 44.3 Å². The molecule has 0 unspecified atom stereocenters. The van der Waals surface area contributed by atoms with Gasteiger partial charge >= 0.3 is 0 Å². The molecule has 10 heteroatoms. The minimum absolute atomic E-state index is 0.0387. The van der Waals surface area contributed by atoms with E-state index in [2.05, 4.69) is 25.9 Å². The van der Waals surface area contributed by atoms with Crippen LogP contribution in [0.4, 0.5) is 17.2 Å². The Balaban J connectivity index is 1.18. The maximum Gasteiger partial charge on any atom is 0.256 e. The number of anilines is 3. The number of aliphatic hydroxyl groups is 1. The average molecular weight is 479 g/mol. The quantitative estimate of drug-likeness (QED) is 0.352. The topological polar surface area (TPSA) is 142 Å². The van der Waals surface area contributed by atoms with E-state index >= 15 is 0 Å². The SMILES string of the molecule is Nc1ccc2nccc(NC(=O)[C@]3(O)CC[C@@H](NCc4ccc5c(n4)NC(=O)CS5)CC3)c2c1. The molecule has 1 saturated carbocycles. The summed E-state index contributed by atoms with van der Waals surface area (Å²) in [5.74, 6) is 0.574. The van der Waals surface area contributed by atoms with Crippen LogP contribution in [0.25, 0.3) is 10.9 Å². The second kappa shape index (κ2) is 9.21. The molecular formula is C24H26N6O3S. The van der Waals surface area contributed by atoms with Crippen LogP contribution in [0.1, 0.15) is 31.4 Å². The molecule has 9 nitrogen and oxygen atoms in total. The lowest BCUT2D eigenvalue weighted by atomic mass is 9.81. The number of amides is 2. The van der Waals surface area contributed by atoms with Gasteiger partial charge in [-0.1, -0.05) is 0 Å². The van der Waals surface area contributed by atoms with Gasteiger partial charge in [0.25, 0.3) is 5.91 Å². The number of nitrogens with two attached hydrogens (primary N) is 1. The highest BCUT2D eigenvalue weighted by Gasteiger charge is 2.40. The maximum atomic E-state index is 13.0. The van der Waals surface area contributed by atoms with E-state index in [9.17, 15) is 14.7 Å². The Labute approximate surface area is 200 Å². The van der Waals surface area contributed by atoms with Crippen LogP contribution in [0.2, 0.25) is 0 Å². The van der Waals surface area contributed by atoms with Crippen LogP contribution in [0.5, 0.6) is 0 Å². The van der Waals surface area contributed by atoms with E-state index in [0.29, 0.717) is 55.2 Å². The first-order valence-corrected chi connectivity index (χ1v) is 12.2. The number of aromatic nitrogens is 2. The van der Waals surface area contributed by atoms with Crippen molar-refractivity contribution in [1.82, 2.24) is 15.3 Å². The highest BCUT2D eigenvalue weighted by atomic mass is 32.2. The molecule has 0 atom stereocenters. The third kappa shape index (κ3) is 4.70. The third-order valence-corrected chi connectivity index (χ3v) is 7.40. The third-order valence-electron chi connectivity index (χ3n) is 6.35. The van der Waals surface area contributed by atoms with Crippen molar-refractivity contribution in [3.05, 3.63) is 48.3 Å². The maximum absolute atomic E-state index is 13.0. The highest BCUT2D eigenvalue weighted by Crippen LogP contribution is 2.32. The van der Waals surface area contributed by atoms with E-state index in [0.717, 1.165) is 21.5 Å². The smallest absolute Gasteiger partial charge is 0.256 e. The number of fused-ring (bicyclic) bond motifs is 2. The monoisotopic (exact) mass is 478 g/mol. The van der Waals surface area contributed by atoms with E-state index in [1.807, 2.05) is 12.1 Å². The minimum atomic E-state index is -1.43. The number of carbonyl (C=O) groups is 2. The van der Waals surface area contributed by atoms with Crippen molar-refractivity contribution in [3.8, 4) is 0 Å². The Kier molecular flexibility index (Phi) is 6.11. The van der Waals surface area contributed by atoms with Gasteiger partial charge in [-0.3, -0.25) is 14.6 Å². The number of hydrogen-bond donors (Lipinski definition) is 5. The van der Waals surface area contributed by atoms with Crippen LogP contribution < -0.4 is 21.7 Å². The van der Waals surface area contributed by atoms with E-state index in [1.165, 1.54) is 11.8 Å². The van der Waals surface area contributed by atoms with Crippen LogP contribution in [0, 0.1) is 0 Å². The zero-order valence-electron chi connectivity index (χ0n) is 18.5. The summed E-state index contributed by atoms with van der Waals surface area (Å²) in [6.07, 6.45) is 3.65. The minimum Gasteiger partial charge on any atom is -0.399 e. The number of carbonyl (C=O) groups excluding carboxylic acids is 2. The molecule has 176 valence electrons. The first-order valence-electron chi connectivity index (χ1n) is 11.2. The Morgan fingerprint density at radius 1 is 1.24 bits per heavy atom. The lowest BCUT2D eigenvalue weighted by Gasteiger charge is -2.35. The molecule has 5 rings (SSSR count).